The average molecular weight is 419 g/mol. The highest BCUT2D eigenvalue weighted by Gasteiger charge is 2.33. The molecule has 1 saturated heterocycles. The van der Waals surface area contributed by atoms with Crippen LogP contribution in [-0.4, -0.2) is 37.8 Å². The largest absolute Gasteiger partial charge is 0.353 e. The maximum absolute atomic E-state index is 13.1. The van der Waals surface area contributed by atoms with Crippen molar-refractivity contribution in [2.45, 2.75) is 88.0 Å². The Balaban J connectivity index is 1.35. The number of amides is 1. The summed E-state index contributed by atoms with van der Waals surface area (Å²) in [5, 5.41) is 3.24. The van der Waals surface area contributed by atoms with Crippen LogP contribution in [0, 0.1) is 5.92 Å². The monoisotopic (exact) mass is 418 g/mol. The molecule has 0 unspecified atom stereocenters. The molecule has 0 aromatic heterocycles. The Morgan fingerprint density at radius 1 is 0.862 bits per heavy atom. The Bertz CT molecular complexity index is 821. The van der Waals surface area contributed by atoms with Gasteiger partial charge < -0.3 is 5.32 Å². The third-order valence-electron chi connectivity index (χ3n) is 6.98. The van der Waals surface area contributed by atoms with Crippen molar-refractivity contribution in [1.82, 2.24) is 9.62 Å². The molecule has 4 rings (SSSR count). The van der Waals surface area contributed by atoms with E-state index in [-0.39, 0.29) is 11.8 Å². The molecule has 2 aliphatic carbocycles. The van der Waals surface area contributed by atoms with Gasteiger partial charge in [0.05, 0.1) is 4.90 Å². The van der Waals surface area contributed by atoms with Gasteiger partial charge in [-0.1, -0.05) is 31.7 Å². The first-order chi connectivity index (χ1) is 14.0. The first-order valence-electron chi connectivity index (χ1n) is 11.5. The molecule has 1 amide bonds. The van der Waals surface area contributed by atoms with Crippen molar-refractivity contribution < 1.29 is 13.2 Å². The van der Waals surface area contributed by atoms with Gasteiger partial charge in [0.2, 0.25) is 15.9 Å². The van der Waals surface area contributed by atoms with Crippen LogP contribution in [-0.2, 0) is 27.7 Å². The number of benzene rings is 1. The molecule has 1 saturated carbocycles. The van der Waals surface area contributed by atoms with Gasteiger partial charge >= 0.3 is 0 Å². The Hall–Kier alpha value is -1.40. The molecule has 1 heterocycles. The molecule has 1 aromatic rings. The number of aryl methyl sites for hydroxylation is 2. The number of sulfonamides is 1. The molecular formula is C23H34N2O3S. The molecule has 0 spiro atoms. The van der Waals surface area contributed by atoms with Crippen LogP contribution >= 0.6 is 0 Å². The predicted octanol–water partition coefficient (Wildman–Crippen LogP) is 3.81. The minimum atomic E-state index is -3.48. The van der Waals surface area contributed by atoms with Gasteiger partial charge in [0.1, 0.15) is 0 Å². The van der Waals surface area contributed by atoms with Crippen LogP contribution in [0.2, 0.25) is 0 Å². The molecule has 29 heavy (non-hydrogen) atoms. The lowest BCUT2D eigenvalue weighted by molar-refractivity contribution is -0.126. The van der Waals surface area contributed by atoms with E-state index in [1.807, 2.05) is 12.1 Å². The Morgan fingerprint density at radius 2 is 1.52 bits per heavy atom. The molecule has 3 aliphatic rings. The SMILES string of the molecule is O=C(NC1CCCCCC1)C1CCN(S(=O)(=O)c2ccc3c(c2)CCCC3)CC1. The summed E-state index contributed by atoms with van der Waals surface area (Å²) in [6.45, 7) is 0.865. The second kappa shape index (κ2) is 9.17. The summed E-state index contributed by atoms with van der Waals surface area (Å²) in [6, 6.07) is 5.95. The number of hydrogen-bond acceptors (Lipinski definition) is 3. The zero-order valence-electron chi connectivity index (χ0n) is 17.4. The third kappa shape index (κ3) is 4.85. The van der Waals surface area contributed by atoms with Crippen molar-refractivity contribution in [3.63, 3.8) is 0 Å². The lowest BCUT2D eigenvalue weighted by Crippen LogP contribution is -2.45. The highest BCUT2D eigenvalue weighted by Crippen LogP contribution is 2.28. The van der Waals surface area contributed by atoms with Crippen LogP contribution in [0.3, 0.4) is 0 Å². The van der Waals surface area contributed by atoms with E-state index in [1.165, 1.54) is 43.2 Å². The van der Waals surface area contributed by atoms with Crippen LogP contribution in [0.1, 0.15) is 75.3 Å². The molecule has 1 N–H and O–H groups in total. The highest BCUT2D eigenvalue weighted by atomic mass is 32.2. The molecule has 6 heteroatoms. The van der Waals surface area contributed by atoms with Gasteiger partial charge in [0.15, 0.2) is 0 Å². The van der Waals surface area contributed by atoms with E-state index < -0.39 is 10.0 Å². The van der Waals surface area contributed by atoms with Crippen LogP contribution in [0.25, 0.3) is 0 Å². The lowest BCUT2D eigenvalue weighted by atomic mass is 9.92. The van der Waals surface area contributed by atoms with Crippen molar-refractivity contribution in [1.29, 1.82) is 0 Å². The van der Waals surface area contributed by atoms with Crippen molar-refractivity contribution >= 4 is 15.9 Å². The Morgan fingerprint density at radius 3 is 2.21 bits per heavy atom. The average Bonchev–Trinajstić information content (AvgIpc) is 3.02. The van der Waals surface area contributed by atoms with E-state index in [9.17, 15) is 13.2 Å². The molecule has 0 radical (unpaired) electrons. The van der Waals surface area contributed by atoms with E-state index >= 15 is 0 Å². The highest BCUT2D eigenvalue weighted by molar-refractivity contribution is 7.89. The standard InChI is InChI=1S/C23H34N2O3S/c26-23(24-21-9-3-1-2-4-10-21)19-13-15-25(16-14-19)29(27,28)22-12-11-18-7-5-6-8-20(18)17-22/h11-12,17,19,21H,1-10,13-16H2,(H,24,26). The van der Waals surface area contributed by atoms with Gasteiger partial charge in [0, 0.05) is 25.0 Å². The second-order valence-corrected chi connectivity index (χ2v) is 11.0. The Labute approximate surface area is 175 Å². The number of nitrogens with one attached hydrogen (secondary N) is 1. The zero-order chi connectivity index (χ0) is 20.3. The molecule has 1 aliphatic heterocycles. The number of rotatable bonds is 4. The van der Waals surface area contributed by atoms with E-state index in [0.29, 0.717) is 36.9 Å². The second-order valence-electron chi connectivity index (χ2n) is 9.01. The summed E-state index contributed by atoms with van der Waals surface area (Å²) in [7, 11) is -3.48. The first kappa shape index (κ1) is 20.9. The molecule has 0 bridgehead atoms. The van der Waals surface area contributed by atoms with Gasteiger partial charge in [0.25, 0.3) is 0 Å². The smallest absolute Gasteiger partial charge is 0.243 e. The van der Waals surface area contributed by atoms with Crippen LogP contribution < -0.4 is 5.32 Å². The van der Waals surface area contributed by atoms with Gasteiger partial charge in [-0.3, -0.25) is 4.79 Å². The van der Waals surface area contributed by atoms with Gasteiger partial charge in [-0.15, -0.1) is 0 Å². The molecule has 0 atom stereocenters. The summed E-state index contributed by atoms with van der Waals surface area (Å²) in [5.74, 6) is 0.0657. The molecule has 160 valence electrons. The summed E-state index contributed by atoms with van der Waals surface area (Å²) in [6.07, 6.45) is 12.7. The summed E-state index contributed by atoms with van der Waals surface area (Å²) in [5.41, 5.74) is 2.49. The van der Waals surface area contributed by atoms with Crippen molar-refractivity contribution in [2.24, 2.45) is 5.92 Å². The Kier molecular flexibility index (Phi) is 6.60. The lowest BCUT2D eigenvalue weighted by Gasteiger charge is -2.31. The summed E-state index contributed by atoms with van der Waals surface area (Å²) in [4.78, 5) is 13.1. The number of nitrogens with zero attached hydrogens (tertiary/aromatic N) is 1. The van der Waals surface area contributed by atoms with E-state index in [1.54, 1.807) is 10.4 Å². The minimum Gasteiger partial charge on any atom is -0.353 e. The third-order valence-corrected chi connectivity index (χ3v) is 8.88. The zero-order valence-corrected chi connectivity index (χ0v) is 18.2. The number of piperidine rings is 1. The topological polar surface area (TPSA) is 66.5 Å². The van der Waals surface area contributed by atoms with Crippen molar-refractivity contribution in [3.8, 4) is 0 Å². The fourth-order valence-electron chi connectivity index (χ4n) is 5.12. The first-order valence-corrected chi connectivity index (χ1v) is 12.9. The molecule has 2 fully saturated rings. The van der Waals surface area contributed by atoms with Crippen LogP contribution in [0.4, 0.5) is 0 Å². The molecular weight excluding hydrogens is 384 g/mol. The number of hydrogen-bond donors (Lipinski definition) is 1. The summed E-state index contributed by atoms with van der Waals surface area (Å²) >= 11 is 0. The molecule has 5 nitrogen and oxygen atoms in total. The fraction of sp³-hybridized carbons (Fsp3) is 0.696. The fourth-order valence-corrected chi connectivity index (χ4v) is 6.64. The maximum atomic E-state index is 13.1. The minimum absolute atomic E-state index is 0.0618. The maximum Gasteiger partial charge on any atom is 0.243 e. The van der Waals surface area contributed by atoms with Crippen LogP contribution in [0.5, 0.6) is 0 Å². The number of carbonyl (C=O) groups is 1. The van der Waals surface area contributed by atoms with Gasteiger partial charge in [-0.25, -0.2) is 8.42 Å². The predicted molar refractivity (Wildman–Crippen MR) is 114 cm³/mol. The summed E-state index contributed by atoms with van der Waals surface area (Å²) < 4.78 is 27.8. The van der Waals surface area contributed by atoms with Gasteiger partial charge in [-0.05, 0) is 74.6 Å². The van der Waals surface area contributed by atoms with Crippen molar-refractivity contribution in [3.05, 3.63) is 29.3 Å². The van der Waals surface area contributed by atoms with Crippen molar-refractivity contribution in [2.75, 3.05) is 13.1 Å². The quantitative estimate of drug-likeness (QED) is 0.756. The molecule has 1 aromatic carbocycles. The normalized spacial score (nSPS) is 22.6. The van der Waals surface area contributed by atoms with E-state index in [4.69, 9.17) is 0 Å². The van der Waals surface area contributed by atoms with Gasteiger partial charge in [-0.2, -0.15) is 4.31 Å². The van der Waals surface area contributed by atoms with E-state index in [2.05, 4.69) is 5.32 Å². The number of carbonyl (C=O) groups excluding carboxylic acids is 1. The van der Waals surface area contributed by atoms with Crippen LogP contribution in [0.15, 0.2) is 23.1 Å². The van der Waals surface area contributed by atoms with E-state index in [0.717, 1.165) is 32.1 Å². The number of fused-ring (bicyclic) bond motifs is 1.